The largest absolute Gasteiger partial charge is 0.488 e. The average molecular weight is 399 g/mol. The topological polar surface area (TPSA) is 59.4 Å². The lowest BCUT2D eigenvalue weighted by Gasteiger charge is -2.11. The Balaban J connectivity index is 1.73. The van der Waals surface area contributed by atoms with Gasteiger partial charge in [-0.25, -0.2) is 4.79 Å². The van der Waals surface area contributed by atoms with Gasteiger partial charge in [-0.3, -0.25) is 4.98 Å². The average Bonchev–Trinajstić information content (AvgIpc) is 2.71. The van der Waals surface area contributed by atoms with Gasteiger partial charge in [-0.15, -0.1) is 0 Å². The lowest BCUT2D eigenvalue weighted by Crippen LogP contribution is -2.06. The van der Waals surface area contributed by atoms with Crippen molar-refractivity contribution in [2.45, 2.75) is 12.8 Å². The second-order valence-corrected chi connectivity index (χ2v) is 6.13. The van der Waals surface area contributed by atoms with Gasteiger partial charge in [0.2, 0.25) is 0 Å². The number of hydrogen-bond donors (Lipinski definition) is 1. The number of carbonyl (C=O) groups is 1. The van der Waals surface area contributed by atoms with E-state index in [9.17, 15) is 18.0 Å². The molecule has 3 rings (SSSR count). The summed E-state index contributed by atoms with van der Waals surface area (Å²) in [7, 11) is 0. The maximum Gasteiger partial charge on any atom is 0.416 e. The molecule has 0 radical (unpaired) electrons. The number of alkyl halides is 3. The lowest BCUT2D eigenvalue weighted by molar-refractivity contribution is -0.137. The first-order valence-electron chi connectivity index (χ1n) is 8.58. The normalized spacial score (nSPS) is 11.6. The van der Waals surface area contributed by atoms with Gasteiger partial charge in [0.05, 0.1) is 16.8 Å². The number of hydrogen-bond acceptors (Lipinski definition) is 3. The van der Waals surface area contributed by atoms with Gasteiger partial charge in [0, 0.05) is 11.8 Å². The second-order valence-electron chi connectivity index (χ2n) is 6.13. The standard InChI is InChI=1S/C22H16F3NO3/c23-22(24,25)18-6-3-4-15(12-18)14-29-20-7-2-1-5-16(20)8-10-19-11-9-17(13-26-19)21(27)28/h1-13H,14H2,(H,27,28)/b10-8+. The molecule has 2 aromatic carbocycles. The Bertz CT molecular complexity index is 1030. The zero-order chi connectivity index (χ0) is 20.9. The SMILES string of the molecule is O=C(O)c1ccc(/C=C/c2ccccc2OCc2cccc(C(F)(F)F)c2)nc1. The Morgan fingerprint density at radius 1 is 1.03 bits per heavy atom. The molecule has 1 N–H and O–H groups in total. The van der Waals surface area contributed by atoms with E-state index in [4.69, 9.17) is 9.84 Å². The monoisotopic (exact) mass is 399 g/mol. The van der Waals surface area contributed by atoms with E-state index in [1.54, 1.807) is 48.6 Å². The Kier molecular flexibility index (Phi) is 5.97. The van der Waals surface area contributed by atoms with E-state index in [1.165, 1.54) is 18.3 Å². The number of rotatable bonds is 6. The predicted molar refractivity (Wildman–Crippen MR) is 102 cm³/mol. The highest BCUT2D eigenvalue weighted by atomic mass is 19.4. The molecule has 0 aliphatic rings. The fraction of sp³-hybridized carbons (Fsp3) is 0.0909. The summed E-state index contributed by atoms with van der Waals surface area (Å²) in [5, 5.41) is 8.90. The molecular weight excluding hydrogens is 383 g/mol. The number of carboxylic acids is 1. The van der Waals surface area contributed by atoms with Crippen molar-refractivity contribution >= 4 is 18.1 Å². The summed E-state index contributed by atoms with van der Waals surface area (Å²) in [6, 6.07) is 15.1. The smallest absolute Gasteiger partial charge is 0.416 e. The molecule has 0 fully saturated rings. The van der Waals surface area contributed by atoms with E-state index < -0.39 is 17.7 Å². The van der Waals surface area contributed by atoms with Crippen molar-refractivity contribution in [3.05, 3.63) is 94.8 Å². The maximum atomic E-state index is 12.8. The van der Waals surface area contributed by atoms with Gasteiger partial charge < -0.3 is 9.84 Å². The molecule has 0 saturated heterocycles. The zero-order valence-corrected chi connectivity index (χ0v) is 15.1. The van der Waals surface area contributed by atoms with Gasteiger partial charge in [-0.05, 0) is 48.0 Å². The molecule has 4 nitrogen and oxygen atoms in total. The predicted octanol–water partition coefficient (Wildman–Crippen LogP) is 5.55. The van der Waals surface area contributed by atoms with Gasteiger partial charge in [0.15, 0.2) is 0 Å². The Morgan fingerprint density at radius 3 is 2.52 bits per heavy atom. The van der Waals surface area contributed by atoms with Crippen molar-refractivity contribution in [1.29, 1.82) is 0 Å². The molecular formula is C22H16F3NO3. The van der Waals surface area contributed by atoms with Crippen LogP contribution in [0.3, 0.4) is 0 Å². The van der Waals surface area contributed by atoms with Crippen LogP contribution in [-0.4, -0.2) is 16.1 Å². The van der Waals surface area contributed by atoms with Crippen molar-refractivity contribution in [3.8, 4) is 5.75 Å². The number of aromatic nitrogens is 1. The van der Waals surface area contributed by atoms with Crippen LogP contribution in [0.2, 0.25) is 0 Å². The Morgan fingerprint density at radius 2 is 1.83 bits per heavy atom. The van der Waals surface area contributed by atoms with Crippen LogP contribution in [0.15, 0.2) is 66.9 Å². The van der Waals surface area contributed by atoms with Crippen LogP contribution < -0.4 is 4.74 Å². The zero-order valence-electron chi connectivity index (χ0n) is 15.1. The number of pyridine rings is 1. The van der Waals surface area contributed by atoms with Crippen molar-refractivity contribution in [1.82, 2.24) is 4.98 Å². The minimum absolute atomic E-state index is 0.0136. The highest BCUT2D eigenvalue weighted by Crippen LogP contribution is 2.30. The summed E-state index contributed by atoms with van der Waals surface area (Å²) in [6.45, 7) is -0.0136. The molecule has 0 aliphatic heterocycles. The van der Waals surface area contributed by atoms with E-state index in [0.717, 1.165) is 12.1 Å². The van der Waals surface area contributed by atoms with Gasteiger partial charge in [0.1, 0.15) is 12.4 Å². The Labute approximate surface area is 164 Å². The van der Waals surface area contributed by atoms with E-state index in [-0.39, 0.29) is 12.2 Å². The quantitative estimate of drug-likeness (QED) is 0.591. The third kappa shape index (κ3) is 5.44. The number of aromatic carboxylic acids is 1. The third-order valence-electron chi connectivity index (χ3n) is 4.03. The van der Waals surface area contributed by atoms with Crippen molar-refractivity contribution in [2.24, 2.45) is 0 Å². The molecule has 29 heavy (non-hydrogen) atoms. The van der Waals surface area contributed by atoms with Crippen molar-refractivity contribution < 1.29 is 27.8 Å². The minimum atomic E-state index is -4.40. The molecule has 7 heteroatoms. The highest BCUT2D eigenvalue weighted by molar-refractivity contribution is 5.87. The highest BCUT2D eigenvalue weighted by Gasteiger charge is 2.30. The van der Waals surface area contributed by atoms with E-state index >= 15 is 0 Å². The number of para-hydroxylation sites is 1. The number of halogens is 3. The summed E-state index contributed by atoms with van der Waals surface area (Å²) in [5.74, 6) is -0.551. The summed E-state index contributed by atoms with van der Waals surface area (Å²) in [6.07, 6.45) is 0.292. The Hall–Kier alpha value is -3.61. The van der Waals surface area contributed by atoms with E-state index in [1.807, 2.05) is 0 Å². The van der Waals surface area contributed by atoms with Gasteiger partial charge in [0.25, 0.3) is 0 Å². The first-order chi connectivity index (χ1) is 13.8. The van der Waals surface area contributed by atoms with E-state index in [0.29, 0.717) is 22.6 Å². The van der Waals surface area contributed by atoms with Gasteiger partial charge in [-0.2, -0.15) is 13.2 Å². The minimum Gasteiger partial charge on any atom is -0.488 e. The van der Waals surface area contributed by atoms with Gasteiger partial charge >= 0.3 is 12.1 Å². The number of carboxylic acid groups (broad SMARTS) is 1. The van der Waals surface area contributed by atoms with E-state index in [2.05, 4.69) is 4.98 Å². The molecule has 0 aliphatic carbocycles. The maximum absolute atomic E-state index is 12.8. The molecule has 0 amide bonds. The fourth-order valence-corrected chi connectivity index (χ4v) is 2.55. The second kappa shape index (κ2) is 8.60. The molecule has 0 saturated carbocycles. The van der Waals surface area contributed by atoms with Gasteiger partial charge in [-0.1, -0.05) is 30.3 Å². The lowest BCUT2D eigenvalue weighted by atomic mass is 10.1. The number of benzene rings is 2. The van der Waals surface area contributed by atoms with Crippen molar-refractivity contribution in [2.75, 3.05) is 0 Å². The van der Waals surface area contributed by atoms with Crippen molar-refractivity contribution in [3.63, 3.8) is 0 Å². The molecule has 0 atom stereocenters. The van der Waals surface area contributed by atoms with Crippen LogP contribution in [0.1, 0.15) is 32.7 Å². The summed E-state index contributed by atoms with van der Waals surface area (Å²) >= 11 is 0. The third-order valence-corrected chi connectivity index (χ3v) is 4.03. The first kappa shape index (κ1) is 20.1. The number of ether oxygens (including phenoxy) is 1. The first-order valence-corrected chi connectivity index (χ1v) is 8.58. The number of nitrogens with zero attached hydrogens (tertiary/aromatic N) is 1. The van der Waals surface area contributed by atoms with Crippen LogP contribution in [0.25, 0.3) is 12.2 Å². The molecule has 3 aromatic rings. The summed E-state index contributed by atoms with van der Waals surface area (Å²) < 4.78 is 44.2. The van der Waals surface area contributed by atoms with Crippen LogP contribution >= 0.6 is 0 Å². The summed E-state index contributed by atoms with van der Waals surface area (Å²) in [5.41, 5.74) is 1.05. The molecule has 148 valence electrons. The molecule has 0 unspecified atom stereocenters. The molecule has 0 spiro atoms. The molecule has 0 bridgehead atoms. The van der Waals surface area contributed by atoms with Crippen LogP contribution in [0, 0.1) is 0 Å². The van der Waals surface area contributed by atoms with Crippen LogP contribution in [0.4, 0.5) is 13.2 Å². The fourth-order valence-electron chi connectivity index (χ4n) is 2.55. The molecule has 1 heterocycles. The summed E-state index contributed by atoms with van der Waals surface area (Å²) in [4.78, 5) is 14.9. The molecule has 1 aromatic heterocycles. The van der Waals surface area contributed by atoms with Crippen LogP contribution in [-0.2, 0) is 12.8 Å². The van der Waals surface area contributed by atoms with Crippen LogP contribution in [0.5, 0.6) is 5.75 Å².